The van der Waals surface area contributed by atoms with Gasteiger partial charge in [-0.05, 0) is 41.9 Å². The van der Waals surface area contributed by atoms with E-state index in [0.29, 0.717) is 11.3 Å². The Labute approximate surface area is 96.9 Å². The third-order valence-electron chi connectivity index (χ3n) is 2.23. The number of hydrogen-bond donors (Lipinski definition) is 3. The maximum absolute atomic E-state index is 9.97. The lowest BCUT2D eigenvalue weighted by molar-refractivity contribution is 0.190. The normalized spacial score (nSPS) is 12.6. The van der Waals surface area contributed by atoms with Gasteiger partial charge in [0.2, 0.25) is 0 Å². The number of anilines is 1. The highest BCUT2D eigenvalue weighted by molar-refractivity contribution is 6.28. The lowest BCUT2D eigenvalue weighted by Gasteiger charge is -2.11. The van der Waals surface area contributed by atoms with Crippen LogP contribution in [0.4, 0.5) is 5.69 Å². The lowest BCUT2D eigenvalue weighted by Crippen LogP contribution is -2.02. The van der Waals surface area contributed by atoms with Crippen molar-refractivity contribution < 1.29 is 14.6 Å². The minimum absolute atomic E-state index is 0.0286. The van der Waals surface area contributed by atoms with Crippen molar-refractivity contribution in [1.82, 2.24) is 0 Å². The third-order valence-corrected chi connectivity index (χ3v) is 2.43. The predicted octanol–water partition coefficient (Wildman–Crippen LogP) is 2.30. The van der Waals surface area contributed by atoms with E-state index in [1.807, 2.05) is 0 Å². The molecule has 0 fully saturated rings. The molecule has 0 saturated heterocycles. The molecule has 1 heterocycles. The first kappa shape index (κ1) is 10.9. The van der Waals surface area contributed by atoms with Gasteiger partial charge in [0.05, 0.1) is 0 Å². The van der Waals surface area contributed by atoms with Gasteiger partial charge in [0, 0.05) is 11.3 Å². The molecule has 0 spiro atoms. The first-order valence-electron chi connectivity index (χ1n) is 4.59. The molecule has 2 aromatic rings. The van der Waals surface area contributed by atoms with Gasteiger partial charge in [-0.3, -0.25) is 0 Å². The summed E-state index contributed by atoms with van der Waals surface area (Å²) < 4.78 is 5.07. The molecule has 84 valence electrons. The zero-order chi connectivity index (χ0) is 11.7. The van der Waals surface area contributed by atoms with Gasteiger partial charge in [-0.1, -0.05) is 0 Å². The van der Waals surface area contributed by atoms with Crippen LogP contribution >= 0.6 is 11.6 Å². The summed E-state index contributed by atoms with van der Waals surface area (Å²) in [5.74, 6) is 0.309. The number of benzene rings is 1. The van der Waals surface area contributed by atoms with Gasteiger partial charge in [-0.2, -0.15) is 0 Å². The number of phenols is 1. The van der Waals surface area contributed by atoms with Gasteiger partial charge in [0.15, 0.2) is 5.22 Å². The van der Waals surface area contributed by atoms with E-state index in [-0.39, 0.29) is 16.7 Å². The Balaban J connectivity index is 2.40. The van der Waals surface area contributed by atoms with Gasteiger partial charge in [0.25, 0.3) is 0 Å². The number of halogens is 1. The summed E-state index contributed by atoms with van der Waals surface area (Å²) in [6.07, 6.45) is -1.04. The van der Waals surface area contributed by atoms with Gasteiger partial charge in [-0.25, -0.2) is 0 Å². The molecule has 1 aromatic heterocycles. The highest BCUT2D eigenvalue weighted by Gasteiger charge is 2.17. The van der Waals surface area contributed by atoms with Crippen LogP contribution in [0.1, 0.15) is 17.4 Å². The Hall–Kier alpha value is -1.65. The fraction of sp³-hybridized carbons (Fsp3) is 0.0909. The number of aromatic hydroxyl groups is 1. The smallest absolute Gasteiger partial charge is 0.193 e. The largest absolute Gasteiger partial charge is 0.508 e. The molecule has 0 aliphatic heterocycles. The second-order valence-corrected chi connectivity index (χ2v) is 3.73. The number of phenolic OH excluding ortho intramolecular Hbond substituents is 1. The first-order chi connectivity index (χ1) is 7.58. The van der Waals surface area contributed by atoms with Crippen LogP contribution in [0.3, 0.4) is 0 Å². The summed E-state index contributed by atoms with van der Waals surface area (Å²) in [6.45, 7) is 0. The highest BCUT2D eigenvalue weighted by atomic mass is 35.5. The monoisotopic (exact) mass is 239 g/mol. The number of hydrogen-bond acceptors (Lipinski definition) is 4. The molecule has 4 N–H and O–H groups in total. The van der Waals surface area contributed by atoms with Crippen LogP contribution < -0.4 is 5.73 Å². The molecule has 0 aliphatic carbocycles. The molecule has 4 nitrogen and oxygen atoms in total. The summed E-state index contributed by atoms with van der Waals surface area (Å²) in [5.41, 5.74) is 6.44. The van der Waals surface area contributed by atoms with E-state index in [1.165, 1.54) is 24.3 Å². The topological polar surface area (TPSA) is 79.6 Å². The zero-order valence-corrected chi connectivity index (χ0v) is 8.98. The van der Waals surface area contributed by atoms with Crippen LogP contribution in [0.5, 0.6) is 5.75 Å². The molecule has 0 saturated carbocycles. The Morgan fingerprint density at radius 3 is 2.62 bits per heavy atom. The number of rotatable bonds is 2. The summed E-state index contributed by atoms with van der Waals surface area (Å²) in [6, 6.07) is 7.42. The average Bonchev–Trinajstić information content (AvgIpc) is 2.67. The Kier molecular flexibility index (Phi) is 2.77. The van der Waals surface area contributed by atoms with Crippen molar-refractivity contribution in [2.24, 2.45) is 0 Å². The number of nitrogens with two attached hydrogens (primary N) is 1. The quantitative estimate of drug-likeness (QED) is 0.555. The van der Waals surface area contributed by atoms with E-state index >= 15 is 0 Å². The van der Waals surface area contributed by atoms with Crippen LogP contribution in [0.2, 0.25) is 5.22 Å². The van der Waals surface area contributed by atoms with Crippen molar-refractivity contribution in [2.45, 2.75) is 6.10 Å². The molecule has 1 aromatic carbocycles. The Bertz CT molecular complexity index is 510. The van der Waals surface area contributed by atoms with E-state index in [2.05, 4.69) is 0 Å². The van der Waals surface area contributed by atoms with Crippen LogP contribution in [0.25, 0.3) is 0 Å². The van der Waals surface area contributed by atoms with E-state index in [1.54, 1.807) is 6.07 Å². The van der Waals surface area contributed by atoms with Gasteiger partial charge in [0.1, 0.15) is 17.6 Å². The van der Waals surface area contributed by atoms with E-state index in [9.17, 15) is 10.2 Å². The van der Waals surface area contributed by atoms with Gasteiger partial charge >= 0.3 is 0 Å². The minimum Gasteiger partial charge on any atom is -0.508 e. The van der Waals surface area contributed by atoms with Crippen molar-refractivity contribution in [3.63, 3.8) is 0 Å². The molecule has 16 heavy (non-hydrogen) atoms. The first-order valence-corrected chi connectivity index (χ1v) is 4.97. The second-order valence-electron chi connectivity index (χ2n) is 3.36. The van der Waals surface area contributed by atoms with Crippen molar-refractivity contribution >= 4 is 17.3 Å². The zero-order valence-electron chi connectivity index (χ0n) is 8.22. The maximum atomic E-state index is 9.97. The van der Waals surface area contributed by atoms with Crippen molar-refractivity contribution in [3.05, 3.63) is 46.9 Å². The molecule has 2 rings (SSSR count). The molecule has 1 atom stereocenters. The van der Waals surface area contributed by atoms with E-state index < -0.39 is 6.10 Å². The second kappa shape index (κ2) is 4.08. The van der Waals surface area contributed by atoms with Crippen LogP contribution in [0, 0.1) is 0 Å². The summed E-state index contributed by atoms with van der Waals surface area (Å²) in [7, 11) is 0. The molecule has 0 aliphatic rings. The third kappa shape index (κ3) is 1.98. The average molecular weight is 240 g/mol. The minimum atomic E-state index is -1.04. The summed E-state index contributed by atoms with van der Waals surface area (Å²) in [5, 5.41) is 19.5. The fourth-order valence-corrected chi connectivity index (χ4v) is 1.58. The SMILES string of the molecule is Nc1ccc(O)cc1C(O)c1ccc(Cl)o1. The van der Waals surface area contributed by atoms with Crippen molar-refractivity contribution in [1.29, 1.82) is 0 Å². The maximum Gasteiger partial charge on any atom is 0.193 e. The number of aliphatic hydroxyl groups is 1. The Morgan fingerprint density at radius 2 is 2.00 bits per heavy atom. The number of nitrogen functional groups attached to an aromatic ring is 1. The fourth-order valence-electron chi connectivity index (χ4n) is 1.43. The highest BCUT2D eigenvalue weighted by Crippen LogP contribution is 2.31. The molecule has 0 amide bonds. The van der Waals surface area contributed by atoms with E-state index in [4.69, 9.17) is 21.8 Å². The van der Waals surface area contributed by atoms with Crippen LogP contribution in [-0.4, -0.2) is 10.2 Å². The summed E-state index contributed by atoms with van der Waals surface area (Å²) >= 11 is 5.60. The molecular formula is C11H10ClNO3. The van der Waals surface area contributed by atoms with Gasteiger partial charge < -0.3 is 20.4 Å². The van der Waals surface area contributed by atoms with Crippen molar-refractivity contribution in [3.8, 4) is 5.75 Å². The number of aliphatic hydroxyl groups excluding tert-OH is 1. The van der Waals surface area contributed by atoms with E-state index in [0.717, 1.165) is 0 Å². The standard InChI is InChI=1S/C11H10ClNO3/c12-10-4-3-9(16-10)11(15)7-5-6(14)1-2-8(7)13/h1-5,11,14-15H,13H2. The van der Waals surface area contributed by atoms with Crippen LogP contribution in [-0.2, 0) is 0 Å². The molecule has 1 unspecified atom stereocenters. The number of furan rings is 1. The lowest BCUT2D eigenvalue weighted by atomic mass is 10.1. The Morgan fingerprint density at radius 1 is 1.25 bits per heavy atom. The van der Waals surface area contributed by atoms with Crippen LogP contribution in [0.15, 0.2) is 34.7 Å². The van der Waals surface area contributed by atoms with Crippen molar-refractivity contribution in [2.75, 3.05) is 5.73 Å². The molecule has 0 radical (unpaired) electrons. The summed E-state index contributed by atoms with van der Waals surface area (Å²) in [4.78, 5) is 0. The molecule has 5 heteroatoms. The van der Waals surface area contributed by atoms with Gasteiger partial charge in [-0.15, -0.1) is 0 Å². The molecular weight excluding hydrogens is 230 g/mol. The molecule has 0 bridgehead atoms. The predicted molar refractivity (Wildman–Crippen MR) is 60.3 cm³/mol.